The summed E-state index contributed by atoms with van der Waals surface area (Å²) in [4.78, 5) is 17.8. The van der Waals surface area contributed by atoms with E-state index in [0.717, 1.165) is 53.3 Å². The third kappa shape index (κ3) is 5.43. The van der Waals surface area contributed by atoms with Gasteiger partial charge >= 0.3 is 0 Å². The number of rotatable bonds is 11. The highest BCUT2D eigenvalue weighted by molar-refractivity contribution is 7.12. The molecule has 6 nitrogen and oxygen atoms in total. The van der Waals surface area contributed by atoms with Gasteiger partial charge in [0.15, 0.2) is 11.5 Å². The number of para-hydroxylation sites is 2. The molecular weight excluding hydrogens is 434 g/mol. The Bertz CT molecular complexity index is 1230. The lowest BCUT2D eigenvalue weighted by Gasteiger charge is -2.13. The van der Waals surface area contributed by atoms with Crippen molar-refractivity contribution in [1.82, 2.24) is 14.9 Å². The predicted molar refractivity (Wildman–Crippen MR) is 132 cm³/mol. The summed E-state index contributed by atoms with van der Waals surface area (Å²) in [6.45, 7) is 5.40. The predicted octanol–water partition coefficient (Wildman–Crippen LogP) is 5.23. The van der Waals surface area contributed by atoms with Gasteiger partial charge in [0.2, 0.25) is 0 Å². The first-order valence-corrected chi connectivity index (χ1v) is 11.7. The molecule has 1 amide bonds. The van der Waals surface area contributed by atoms with Crippen molar-refractivity contribution in [2.75, 3.05) is 13.7 Å². The number of carbonyl (C=O) groups excluding carboxylic acids is 1. The number of carbonyl (C=O) groups is 1. The van der Waals surface area contributed by atoms with Gasteiger partial charge in [0.25, 0.3) is 5.91 Å². The molecule has 0 spiro atoms. The van der Waals surface area contributed by atoms with Gasteiger partial charge in [-0.1, -0.05) is 30.3 Å². The molecule has 2 aromatic carbocycles. The smallest absolute Gasteiger partial charge is 0.261 e. The highest BCUT2D eigenvalue weighted by Gasteiger charge is 2.13. The van der Waals surface area contributed by atoms with Crippen LogP contribution in [0.15, 0.2) is 72.6 Å². The number of ether oxygens (including phenoxy) is 2. The summed E-state index contributed by atoms with van der Waals surface area (Å²) in [6, 6.07) is 17.6. The van der Waals surface area contributed by atoms with Crippen LogP contribution < -0.4 is 14.8 Å². The molecule has 2 heterocycles. The molecule has 33 heavy (non-hydrogen) atoms. The van der Waals surface area contributed by atoms with Crippen molar-refractivity contribution < 1.29 is 14.3 Å². The number of hydrogen-bond acceptors (Lipinski definition) is 5. The summed E-state index contributed by atoms with van der Waals surface area (Å²) in [7, 11) is 1.65. The standard InChI is InChI=1S/C26H27N3O3S/c1-3-8-19-12-13-22(23(17-19)31-2)32-15-7-14-29-21-10-5-4-9-20(21)28-25(29)18-27-26(30)24-11-6-16-33-24/h3-6,9-13,16-17H,1,7-8,14-15,18H2,2H3,(H,27,30). The Morgan fingerprint density at radius 1 is 1.18 bits per heavy atom. The van der Waals surface area contributed by atoms with E-state index in [4.69, 9.17) is 14.5 Å². The van der Waals surface area contributed by atoms with Crippen molar-refractivity contribution in [2.24, 2.45) is 0 Å². The Morgan fingerprint density at radius 3 is 2.85 bits per heavy atom. The second-order valence-corrected chi connectivity index (χ2v) is 8.46. The number of nitrogens with one attached hydrogen (secondary N) is 1. The van der Waals surface area contributed by atoms with Crippen LogP contribution in [0.2, 0.25) is 0 Å². The van der Waals surface area contributed by atoms with Crippen LogP contribution in [0, 0.1) is 0 Å². The van der Waals surface area contributed by atoms with E-state index >= 15 is 0 Å². The number of benzene rings is 2. The summed E-state index contributed by atoms with van der Waals surface area (Å²) in [5.41, 5.74) is 3.09. The van der Waals surface area contributed by atoms with Crippen LogP contribution in [0.3, 0.4) is 0 Å². The summed E-state index contributed by atoms with van der Waals surface area (Å²) in [5.74, 6) is 2.19. The van der Waals surface area contributed by atoms with E-state index in [-0.39, 0.29) is 5.91 Å². The van der Waals surface area contributed by atoms with Gasteiger partial charge in [-0.15, -0.1) is 17.9 Å². The van der Waals surface area contributed by atoms with Crippen LogP contribution in [0.1, 0.15) is 27.5 Å². The number of imidazole rings is 1. The molecule has 0 aliphatic carbocycles. The first-order valence-electron chi connectivity index (χ1n) is 10.9. The Balaban J connectivity index is 1.41. The molecule has 170 valence electrons. The van der Waals surface area contributed by atoms with Gasteiger partial charge in [-0.2, -0.15) is 0 Å². The van der Waals surface area contributed by atoms with Gasteiger partial charge in [-0.3, -0.25) is 4.79 Å². The maximum atomic E-state index is 12.4. The van der Waals surface area contributed by atoms with Crippen LogP contribution in [0.4, 0.5) is 0 Å². The normalized spacial score (nSPS) is 10.8. The maximum absolute atomic E-state index is 12.4. The number of fused-ring (bicyclic) bond motifs is 1. The van der Waals surface area contributed by atoms with Crippen LogP contribution in [-0.4, -0.2) is 29.2 Å². The van der Waals surface area contributed by atoms with Gasteiger partial charge in [-0.25, -0.2) is 4.98 Å². The van der Waals surface area contributed by atoms with Crippen LogP contribution in [-0.2, 0) is 19.5 Å². The number of thiophene rings is 1. The lowest BCUT2D eigenvalue weighted by Crippen LogP contribution is -2.24. The van der Waals surface area contributed by atoms with E-state index in [1.54, 1.807) is 7.11 Å². The number of allylic oxidation sites excluding steroid dienone is 1. The quantitative estimate of drug-likeness (QED) is 0.245. The van der Waals surface area contributed by atoms with Gasteiger partial charge in [0.05, 0.1) is 36.2 Å². The topological polar surface area (TPSA) is 65.4 Å². The van der Waals surface area contributed by atoms with Crippen LogP contribution in [0.5, 0.6) is 11.5 Å². The highest BCUT2D eigenvalue weighted by Crippen LogP contribution is 2.28. The average molecular weight is 462 g/mol. The Labute approximate surface area is 197 Å². The molecule has 1 N–H and O–H groups in total. The van der Waals surface area contributed by atoms with Crippen molar-refractivity contribution in [2.45, 2.75) is 25.9 Å². The maximum Gasteiger partial charge on any atom is 0.261 e. The van der Waals surface area contributed by atoms with E-state index in [0.29, 0.717) is 18.0 Å². The van der Waals surface area contributed by atoms with E-state index in [1.165, 1.54) is 11.3 Å². The minimum absolute atomic E-state index is 0.0843. The van der Waals surface area contributed by atoms with Gasteiger partial charge in [-0.05, 0) is 54.1 Å². The van der Waals surface area contributed by atoms with Crippen LogP contribution in [0.25, 0.3) is 11.0 Å². The lowest BCUT2D eigenvalue weighted by molar-refractivity contribution is 0.0953. The zero-order chi connectivity index (χ0) is 23.0. The molecule has 0 atom stereocenters. The largest absolute Gasteiger partial charge is 0.493 e. The second kappa shape index (κ2) is 10.8. The Morgan fingerprint density at radius 2 is 2.06 bits per heavy atom. The lowest BCUT2D eigenvalue weighted by atomic mass is 10.1. The van der Waals surface area contributed by atoms with Gasteiger partial charge < -0.3 is 19.4 Å². The summed E-state index contributed by atoms with van der Waals surface area (Å²) in [5, 5.41) is 4.88. The fourth-order valence-electron chi connectivity index (χ4n) is 3.69. The third-order valence-electron chi connectivity index (χ3n) is 5.28. The molecule has 0 radical (unpaired) electrons. The molecule has 0 bridgehead atoms. The molecule has 4 rings (SSSR count). The number of aromatic nitrogens is 2. The highest BCUT2D eigenvalue weighted by atomic mass is 32.1. The Kier molecular flexibility index (Phi) is 7.42. The third-order valence-corrected chi connectivity index (χ3v) is 6.15. The summed E-state index contributed by atoms with van der Waals surface area (Å²) in [6.07, 6.45) is 3.44. The minimum Gasteiger partial charge on any atom is -0.493 e. The van der Waals surface area contributed by atoms with E-state index in [9.17, 15) is 4.79 Å². The molecule has 0 saturated carbocycles. The van der Waals surface area contributed by atoms with Crippen molar-refractivity contribution in [1.29, 1.82) is 0 Å². The number of nitrogens with zero attached hydrogens (tertiary/aromatic N) is 2. The SMILES string of the molecule is C=CCc1ccc(OCCCn2c(CNC(=O)c3cccs3)nc3ccccc32)c(OC)c1. The van der Waals surface area contributed by atoms with Crippen molar-refractivity contribution in [3.8, 4) is 11.5 Å². The molecule has 2 aromatic heterocycles. The number of amides is 1. The summed E-state index contributed by atoms with van der Waals surface area (Å²) >= 11 is 1.43. The zero-order valence-electron chi connectivity index (χ0n) is 18.6. The molecule has 0 aliphatic heterocycles. The first-order chi connectivity index (χ1) is 16.2. The molecule has 0 fully saturated rings. The number of hydrogen-bond donors (Lipinski definition) is 1. The van der Waals surface area contributed by atoms with Gasteiger partial charge in [0.1, 0.15) is 5.82 Å². The van der Waals surface area contributed by atoms with E-state index < -0.39 is 0 Å². The molecule has 0 aliphatic rings. The van der Waals surface area contributed by atoms with Crippen LogP contribution >= 0.6 is 11.3 Å². The van der Waals surface area contributed by atoms with Crippen molar-refractivity contribution >= 4 is 28.3 Å². The first kappa shape index (κ1) is 22.6. The van der Waals surface area contributed by atoms with Crippen molar-refractivity contribution in [3.05, 3.63) is 88.9 Å². The molecule has 4 aromatic rings. The zero-order valence-corrected chi connectivity index (χ0v) is 19.4. The molecule has 7 heteroatoms. The van der Waals surface area contributed by atoms with Gasteiger partial charge in [0, 0.05) is 6.54 Å². The number of aryl methyl sites for hydroxylation is 1. The van der Waals surface area contributed by atoms with E-state index in [2.05, 4.69) is 22.5 Å². The second-order valence-electron chi connectivity index (χ2n) is 7.51. The van der Waals surface area contributed by atoms with E-state index in [1.807, 2.05) is 60.0 Å². The summed E-state index contributed by atoms with van der Waals surface area (Å²) < 4.78 is 13.6. The fourth-order valence-corrected chi connectivity index (χ4v) is 4.33. The Hall–Kier alpha value is -3.58. The average Bonchev–Trinajstić information content (AvgIpc) is 3.49. The van der Waals surface area contributed by atoms with Crippen molar-refractivity contribution in [3.63, 3.8) is 0 Å². The monoisotopic (exact) mass is 461 g/mol. The molecular formula is C26H27N3O3S. The minimum atomic E-state index is -0.0843. The molecule has 0 unspecified atom stereocenters. The molecule has 0 saturated heterocycles. The fraction of sp³-hybridized carbons (Fsp3) is 0.231. The number of methoxy groups -OCH3 is 1.